The first kappa shape index (κ1) is 20.1. The Morgan fingerprint density at radius 1 is 1.20 bits per heavy atom. The lowest BCUT2D eigenvalue weighted by atomic mass is 10.0. The maximum absolute atomic E-state index is 13.4. The highest BCUT2D eigenvalue weighted by molar-refractivity contribution is 7.92. The summed E-state index contributed by atoms with van der Waals surface area (Å²) in [6.07, 6.45) is 3.88. The molecular formula is C20H17ClN4O4S. The molecule has 0 saturated carbocycles. The molecule has 2 heterocycles. The summed E-state index contributed by atoms with van der Waals surface area (Å²) in [5.41, 5.74) is 1.71. The van der Waals surface area contributed by atoms with Crippen LogP contribution in [0.25, 0.3) is 0 Å². The van der Waals surface area contributed by atoms with Crippen molar-refractivity contribution in [3.8, 4) is 0 Å². The average Bonchev–Trinajstić information content (AvgIpc) is 2.75. The summed E-state index contributed by atoms with van der Waals surface area (Å²) in [5.74, 6) is -1.21. The topological polar surface area (TPSA) is 112 Å². The highest BCUT2D eigenvalue weighted by Gasteiger charge is 2.29. The Morgan fingerprint density at radius 2 is 2.00 bits per heavy atom. The lowest BCUT2D eigenvalue weighted by Gasteiger charge is -2.30. The van der Waals surface area contributed by atoms with Gasteiger partial charge in [-0.2, -0.15) is 0 Å². The zero-order chi connectivity index (χ0) is 21.3. The van der Waals surface area contributed by atoms with Crippen LogP contribution in [0, 0.1) is 0 Å². The Labute approximate surface area is 178 Å². The number of sulfonamides is 1. The molecule has 0 fully saturated rings. The molecule has 0 spiro atoms. The molecule has 4 rings (SSSR count). The standard InChI is InChI=1S/C20H17ClN4O4S/c21-16-8-7-14(10-17(16)24-19-15(20(26)27)11-22-12-23-19)30(28,29)25-9-3-5-13-4-1-2-6-18(13)25/h1-2,4,6-8,10-12H,3,5,9H2,(H,26,27)(H,22,23,24). The number of rotatable bonds is 5. The van der Waals surface area contributed by atoms with Crippen molar-refractivity contribution in [1.29, 1.82) is 0 Å². The summed E-state index contributed by atoms with van der Waals surface area (Å²) >= 11 is 6.23. The van der Waals surface area contributed by atoms with E-state index in [-0.39, 0.29) is 27.0 Å². The van der Waals surface area contributed by atoms with E-state index in [2.05, 4.69) is 15.3 Å². The third-order valence-corrected chi connectivity index (χ3v) is 6.93. The van der Waals surface area contributed by atoms with Crippen LogP contribution in [0.3, 0.4) is 0 Å². The van der Waals surface area contributed by atoms with Gasteiger partial charge in [0.15, 0.2) is 0 Å². The van der Waals surface area contributed by atoms with Crippen LogP contribution in [-0.2, 0) is 16.4 Å². The molecule has 0 atom stereocenters. The van der Waals surface area contributed by atoms with Crippen molar-refractivity contribution < 1.29 is 18.3 Å². The molecule has 0 bridgehead atoms. The first-order chi connectivity index (χ1) is 14.4. The average molecular weight is 445 g/mol. The number of carboxylic acid groups (broad SMARTS) is 1. The number of hydrogen-bond acceptors (Lipinski definition) is 6. The van der Waals surface area contributed by atoms with Gasteiger partial charge >= 0.3 is 5.97 Å². The summed E-state index contributed by atoms with van der Waals surface area (Å²) in [7, 11) is -3.85. The molecular weight excluding hydrogens is 428 g/mol. The van der Waals surface area contributed by atoms with Gasteiger partial charge in [0.25, 0.3) is 10.0 Å². The summed E-state index contributed by atoms with van der Waals surface area (Å²) < 4.78 is 28.1. The van der Waals surface area contributed by atoms with E-state index in [1.165, 1.54) is 28.8 Å². The van der Waals surface area contributed by atoms with Gasteiger partial charge < -0.3 is 10.4 Å². The lowest BCUT2D eigenvalue weighted by molar-refractivity contribution is 0.0697. The van der Waals surface area contributed by atoms with Crippen molar-refractivity contribution >= 4 is 44.8 Å². The number of aromatic nitrogens is 2. The van der Waals surface area contributed by atoms with E-state index in [9.17, 15) is 18.3 Å². The quantitative estimate of drug-likeness (QED) is 0.616. The first-order valence-corrected chi connectivity index (χ1v) is 10.9. The molecule has 1 aromatic heterocycles. The van der Waals surface area contributed by atoms with Gasteiger partial charge in [0.1, 0.15) is 17.7 Å². The van der Waals surface area contributed by atoms with E-state index in [4.69, 9.17) is 11.6 Å². The zero-order valence-corrected chi connectivity index (χ0v) is 17.2. The fraction of sp³-hybridized carbons (Fsp3) is 0.150. The predicted octanol–water partition coefficient (Wildman–Crippen LogP) is 3.71. The molecule has 1 aliphatic heterocycles. The molecule has 2 N–H and O–H groups in total. The normalized spacial score (nSPS) is 13.6. The Morgan fingerprint density at radius 3 is 2.80 bits per heavy atom. The Kier molecular flexibility index (Phi) is 5.31. The number of halogens is 1. The molecule has 0 amide bonds. The van der Waals surface area contributed by atoms with Crippen molar-refractivity contribution in [1.82, 2.24) is 9.97 Å². The highest BCUT2D eigenvalue weighted by Crippen LogP contribution is 2.34. The molecule has 2 aromatic carbocycles. The molecule has 0 radical (unpaired) electrons. The van der Waals surface area contributed by atoms with Crippen LogP contribution in [0.2, 0.25) is 5.02 Å². The van der Waals surface area contributed by atoms with Crippen molar-refractivity contribution in [2.75, 3.05) is 16.2 Å². The number of fused-ring (bicyclic) bond motifs is 1. The van der Waals surface area contributed by atoms with Gasteiger partial charge in [-0.25, -0.2) is 23.2 Å². The molecule has 3 aromatic rings. The number of carboxylic acids is 1. The first-order valence-electron chi connectivity index (χ1n) is 9.08. The van der Waals surface area contributed by atoms with Crippen molar-refractivity contribution in [3.05, 3.63) is 71.1 Å². The number of nitrogens with one attached hydrogen (secondary N) is 1. The second-order valence-corrected chi connectivity index (χ2v) is 8.94. The molecule has 8 nitrogen and oxygen atoms in total. The predicted molar refractivity (Wildman–Crippen MR) is 113 cm³/mol. The number of benzene rings is 2. The second kappa shape index (κ2) is 7.92. The van der Waals surface area contributed by atoms with Crippen LogP contribution >= 0.6 is 11.6 Å². The third-order valence-electron chi connectivity index (χ3n) is 4.79. The van der Waals surface area contributed by atoms with Crippen molar-refractivity contribution in [3.63, 3.8) is 0 Å². The van der Waals surface area contributed by atoms with E-state index in [0.717, 1.165) is 24.6 Å². The summed E-state index contributed by atoms with van der Waals surface area (Å²) in [6.45, 7) is 0.375. The van der Waals surface area contributed by atoms with Gasteiger partial charge in [-0.3, -0.25) is 4.31 Å². The second-order valence-electron chi connectivity index (χ2n) is 6.67. The third kappa shape index (κ3) is 3.69. The smallest absolute Gasteiger partial charge is 0.341 e. The largest absolute Gasteiger partial charge is 0.477 e. The zero-order valence-electron chi connectivity index (χ0n) is 15.6. The van der Waals surface area contributed by atoms with Crippen LogP contribution in [0.15, 0.2) is 59.9 Å². The van der Waals surface area contributed by atoms with Gasteiger partial charge in [0.05, 0.1) is 21.3 Å². The minimum atomic E-state index is -3.85. The molecule has 0 aliphatic carbocycles. The Hall–Kier alpha value is -3.17. The van der Waals surface area contributed by atoms with Crippen LogP contribution in [0.4, 0.5) is 17.2 Å². The highest BCUT2D eigenvalue weighted by atomic mass is 35.5. The van der Waals surface area contributed by atoms with Crippen molar-refractivity contribution in [2.45, 2.75) is 17.7 Å². The monoisotopic (exact) mass is 444 g/mol. The molecule has 0 unspecified atom stereocenters. The Bertz CT molecular complexity index is 1230. The number of para-hydroxylation sites is 1. The van der Waals surface area contributed by atoms with Crippen LogP contribution in [0.5, 0.6) is 0 Å². The lowest BCUT2D eigenvalue weighted by Crippen LogP contribution is -2.35. The Balaban J connectivity index is 1.73. The van der Waals surface area contributed by atoms with Gasteiger partial charge in [0, 0.05) is 12.7 Å². The number of hydrogen-bond donors (Lipinski definition) is 2. The van der Waals surface area contributed by atoms with Gasteiger partial charge in [-0.05, 0) is 42.7 Å². The number of aryl methyl sites for hydroxylation is 1. The number of carbonyl (C=O) groups is 1. The molecule has 30 heavy (non-hydrogen) atoms. The van der Waals surface area contributed by atoms with Crippen LogP contribution in [-0.4, -0.2) is 36.0 Å². The molecule has 154 valence electrons. The van der Waals surface area contributed by atoms with Crippen molar-refractivity contribution in [2.24, 2.45) is 0 Å². The van der Waals surface area contributed by atoms with E-state index in [1.807, 2.05) is 18.2 Å². The van der Waals surface area contributed by atoms with Gasteiger partial charge in [0.2, 0.25) is 0 Å². The molecule has 1 aliphatic rings. The fourth-order valence-electron chi connectivity index (χ4n) is 3.35. The minimum Gasteiger partial charge on any atom is -0.477 e. The molecule has 0 saturated heterocycles. The molecule has 10 heteroatoms. The van der Waals surface area contributed by atoms with E-state index in [0.29, 0.717) is 12.2 Å². The SMILES string of the molecule is O=C(O)c1cncnc1Nc1cc(S(=O)(=O)N2CCCc3ccccc32)ccc1Cl. The fourth-order valence-corrected chi connectivity index (χ4v) is 5.08. The van der Waals surface area contributed by atoms with E-state index in [1.54, 1.807) is 6.07 Å². The minimum absolute atomic E-state index is 0.0114. The van der Waals surface area contributed by atoms with E-state index >= 15 is 0 Å². The van der Waals surface area contributed by atoms with Gasteiger partial charge in [-0.1, -0.05) is 29.8 Å². The van der Waals surface area contributed by atoms with Crippen LogP contribution in [0.1, 0.15) is 22.3 Å². The number of aromatic carboxylic acids is 1. The maximum Gasteiger partial charge on any atom is 0.341 e. The van der Waals surface area contributed by atoms with Gasteiger partial charge in [-0.15, -0.1) is 0 Å². The number of anilines is 3. The summed E-state index contributed by atoms with van der Waals surface area (Å²) in [6, 6.07) is 11.7. The number of nitrogens with zero attached hydrogens (tertiary/aromatic N) is 3. The summed E-state index contributed by atoms with van der Waals surface area (Å²) in [5, 5.41) is 12.3. The maximum atomic E-state index is 13.4. The summed E-state index contributed by atoms with van der Waals surface area (Å²) in [4.78, 5) is 19.1. The van der Waals surface area contributed by atoms with E-state index < -0.39 is 16.0 Å². The van der Waals surface area contributed by atoms with Crippen LogP contribution < -0.4 is 9.62 Å².